The topological polar surface area (TPSA) is 108 Å². The van der Waals surface area contributed by atoms with E-state index in [0.717, 1.165) is 10.1 Å². The number of nitrogens with two attached hydrogens (primary N) is 1. The van der Waals surface area contributed by atoms with E-state index in [1.165, 1.54) is 42.0 Å². The van der Waals surface area contributed by atoms with Crippen LogP contribution < -0.4 is 15.2 Å². The highest BCUT2D eigenvalue weighted by Crippen LogP contribution is 2.39. The standard InChI is InChI=1S/C21H22N2O6S2/c1-27-15-8-7-13(11-16(15)28-2)31(25,26)23-9-10-29-17(12-23)19-14-5-3-4-6-18(14)30-20(19)21(22)24/h3-8,11,17H,9-10,12H2,1-2H3,(H2,22,24). The fourth-order valence-electron chi connectivity index (χ4n) is 3.71. The fraction of sp³-hybridized carbons (Fsp3) is 0.286. The SMILES string of the molecule is COc1ccc(S(=O)(=O)N2CCOC(c3c(C(N)=O)sc4ccccc34)C2)cc1OC. The first-order valence-corrected chi connectivity index (χ1v) is 11.8. The van der Waals surface area contributed by atoms with E-state index in [2.05, 4.69) is 0 Å². The van der Waals surface area contributed by atoms with Crippen molar-refractivity contribution in [2.24, 2.45) is 5.73 Å². The Morgan fingerprint density at radius 2 is 1.90 bits per heavy atom. The van der Waals surface area contributed by atoms with Gasteiger partial charge >= 0.3 is 0 Å². The summed E-state index contributed by atoms with van der Waals surface area (Å²) >= 11 is 1.29. The van der Waals surface area contributed by atoms with Gasteiger partial charge in [-0.2, -0.15) is 4.31 Å². The molecule has 0 spiro atoms. The summed E-state index contributed by atoms with van der Waals surface area (Å²) in [6.07, 6.45) is -0.609. The first kappa shape index (κ1) is 21.6. The second-order valence-corrected chi connectivity index (χ2v) is 9.93. The van der Waals surface area contributed by atoms with Crippen molar-refractivity contribution in [3.8, 4) is 11.5 Å². The van der Waals surface area contributed by atoms with E-state index in [0.29, 0.717) is 21.9 Å². The zero-order chi connectivity index (χ0) is 22.2. The largest absolute Gasteiger partial charge is 0.493 e. The van der Waals surface area contributed by atoms with Crippen LogP contribution in [0.1, 0.15) is 21.3 Å². The van der Waals surface area contributed by atoms with E-state index in [1.54, 1.807) is 6.07 Å². The lowest BCUT2D eigenvalue weighted by molar-refractivity contribution is -0.00189. The second kappa shape index (κ2) is 8.46. The number of fused-ring (bicyclic) bond motifs is 1. The van der Waals surface area contributed by atoms with Crippen molar-refractivity contribution in [1.29, 1.82) is 0 Å². The average Bonchev–Trinajstić information content (AvgIpc) is 3.18. The van der Waals surface area contributed by atoms with Crippen molar-refractivity contribution in [2.75, 3.05) is 33.9 Å². The van der Waals surface area contributed by atoms with Crippen molar-refractivity contribution in [1.82, 2.24) is 4.31 Å². The Labute approximate surface area is 184 Å². The highest BCUT2D eigenvalue weighted by molar-refractivity contribution is 7.89. The molecule has 31 heavy (non-hydrogen) atoms. The van der Waals surface area contributed by atoms with Gasteiger partial charge < -0.3 is 19.9 Å². The van der Waals surface area contributed by atoms with Crippen LogP contribution in [-0.4, -0.2) is 52.5 Å². The third-order valence-corrected chi connectivity index (χ3v) is 8.26. The zero-order valence-electron chi connectivity index (χ0n) is 17.0. The summed E-state index contributed by atoms with van der Waals surface area (Å²) in [5, 5.41) is 0.844. The molecule has 0 bridgehead atoms. The van der Waals surface area contributed by atoms with Crippen LogP contribution in [0.4, 0.5) is 0 Å². The van der Waals surface area contributed by atoms with Crippen LogP contribution in [0.3, 0.4) is 0 Å². The number of carbonyl (C=O) groups excluding carboxylic acids is 1. The Morgan fingerprint density at radius 3 is 2.61 bits per heavy atom. The summed E-state index contributed by atoms with van der Waals surface area (Å²) in [6, 6.07) is 12.0. The Bertz CT molecular complexity index is 1240. The molecular weight excluding hydrogens is 440 g/mol. The van der Waals surface area contributed by atoms with Crippen LogP contribution in [0.15, 0.2) is 47.4 Å². The number of methoxy groups -OCH3 is 2. The van der Waals surface area contributed by atoms with Gasteiger partial charge in [0.1, 0.15) is 0 Å². The number of sulfonamides is 1. The molecule has 8 nitrogen and oxygen atoms in total. The molecule has 2 heterocycles. The monoisotopic (exact) mass is 462 g/mol. The molecule has 164 valence electrons. The molecule has 1 fully saturated rings. The average molecular weight is 463 g/mol. The Balaban J connectivity index is 1.70. The molecule has 2 N–H and O–H groups in total. The van der Waals surface area contributed by atoms with Gasteiger partial charge in [0, 0.05) is 29.4 Å². The van der Waals surface area contributed by atoms with E-state index < -0.39 is 22.0 Å². The summed E-state index contributed by atoms with van der Waals surface area (Å²) in [6.45, 7) is 0.457. The summed E-state index contributed by atoms with van der Waals surface area (Å²) in [5.74, 6) is 0.213. The number of nitrogens with zero attached hydrogens (tertiary/aromatic N) is 1. The molecule has 0 radical (unpaired) electrons. The van der Waals surface area contributed by atoms with Crippen LogP contribution in [0.25, 0.3) is 10.1 Å². The van der Waals surface area contributed by atoms with Crippen molar-refractivity contribution in [3.05, 3.63) is 52.9 Å². The number of morpholine rings is 1. The summed E-state index contributed by atoms with van der Waals surface area (Å²) < 4.78 is 45.3. The third-order valence-electron chi connectivity index (χ3n) is 5.20. The van der Waals surface area contributed by atoms with Gasteiger partial charge in [0.05, 0.1) is 36.7 Å². The molecule has 1 aliphatic heterocycles. The minimum absolute atomic E-state index is 0.0671. The summed E-state index contributed by atoms with van der Waals surface area (Å²) in [4.78, 5) is 12.6. The van der Waals surface area contributed by atoms with Crippen molar-refractivity contribution >= 4 is 37.4 Å². The number of hydrogen-bond donors (Lipinski definition) is 1. The molecule has 1 amide bonds. The van der Waals surface area contributed by atoms with E-state index in [1.807, 2.05) is 24.3 Å². The molecule has 1 atom stereocenters. The highest BCUT2D eigenvalue weighted by Gasteiger charge is 2.35. The Kier molecular flexibility index (Phi) is 5.89. The first-order chi connectivity index (χ1) is 14.9. The molecule has 0 aliphatic carbocycles. The number of primary amides is 1. The second-order valence-electron chi connectivity index (χ2n) is 6.94. The van der Waals surface area contributed by atoms with Gasteiger partial charge in [-0.05, 0) is 23.6 Å². The number of amides is 1. The van der Waals surface area contributed by atoms with Gasteiger partial charge in [-0.15, -0.1) is 11.3 Å². The lowest BCUT2D eigenvalue weighted by Crippen LogP contribution is -2.42. The fourth-order valence-corrected chi connectivity index (χ4v) is 6.26. The van der Waals surface area contributed by atoms with Gasteiger partial charge in [0.15, 0.2) is 11.5 Å². The number of carbonyl (C=O) groups is 1. The highest BCUT2D eigenvalue weighted by atomic mass is 32.2. The Hall–Kier alpha value is -2.66. The maximum atomic E-state index is 13.3. The number of ether oxygens (including phenoxy) is 3. The molecule has 3 aromatic rings. The number of hydrogen-bond acceptors (Lipinski definition) is 7. The van der Waals surface area contributed by atoms with Crippen LogP contribution in [0.5, 0.6) is 11.5 Å². The van der Waals surface area contributed by atoms with Gasteiger partial charge in [-0.1, -0.05) is 18.2 Å². The lowest BCUT2D eigenvalue weighted by Gasteiger charge is -2.32. The summed E-state index contributed by atoms with van der Waals surface area (Å²) in [7, 11) is -0.888. The third kappa shape index (κ3) is 3.87. The quantitative estimate of drug-likeness (QED) is 0.604. The molecule has 1 unspecified atom stereocenters. The Morgan fingerprint density at radius 1 is 1.16 bits per heavy atom. The lowest BCUT2D eigenvalue weighted by atomic mass is 10.0. The molecular formula is C21H22N2O6S2. The maximum absolute atomic E-state index is 13.3. The molecule has 1 saturated heterocycles. The zero-order valence-corrected chi connectivity index (χ0v) is 18.7. The molecule has 0 saturated carbocycles. The van der Waals surface area contributed by atoms with E-state index in [4.69, 9.17) is 19.9 Å². The first-order valence-electron chi connectivity index (χ1n) is 9.51. The van der Waals surface area contributed by atoms with E-state index in [-0.39, 0.29) is 24.6 Å². The minimum Gasteiger partial charge on any atom is -0.493 e. The van der Waals surface area contributed by atoms with Gasteiger partial charge in [-0.25, -0.2) is 8.42 Å². The molecule has 1 aromatic heterocycles. The van der Waals surface area contributed by atoms with Gasteiger partial charge in [0.25, 0.3) is 5.91 Å². The number of benzene rings is 2. The molecule has 4 rings (SSSR count). The van der Waals surface area contributed by atoms with Crippen molar-refractivity contribution < 1.29 is 27.4 Å². The minimum atomic E-state index is -3.82. The smallest absolute Gasteiger partial charge is 0.259 e. The maximum Gasteiger partial charge on any atom is 0.259 e. The van der Waals surface area contributed by atoms with Crippen molar-refractivity contribution in [2.45, 2.75) is 11.0 Å². The predicted molar refractivity (Wildman–Crippen MR) is 117 cm³/mol. The molecule has 1 aliphatic rings. The van der Waals surface area contributed by atoms with E-state index in [9.17, 15) is 13.2 Å². The predicted octanol–water partition coefficient (Wildman–Crippen LogP) is 2.78. The normalized spacial score (nSPS) is 17.5. The summed E-state index contributed by atoms with van der Waals surface area (Å²) in [5.41, 5.74) is 6.25. The van der Waals surface area contributed by atoms with Crippen LogP contribution in [-0.2, 0) is 14.8 Å². The van der Waals surface area contributed by atoms with Crippen LogP contribution in [0, 0.1) is 0 Å². The van der Waals surface area contributed by atoms with Crippen LogP contribution >= 0.6 is 11.3 Å². The van der Waals surface area contributed by atoms with Gasteiger partial charge in [-0.3, -0.25) is 4.79 Å². The van der Waals surface area contributed by atoms with Crippen molar-refractivity contribution in [3.63, 3.8) is 0 Å². The molecule has 2 aromatic carbocycles. The number of rotatable bonds is 6. The van der Waals surface area contributed by atoms with E-state index >= 15 is 0 Å². The molecule has 10 heteroatoms. The van der Waals surface area contributed by atoms with Crippen LogP contribution in [0.2, 0.25) is 0 Å². The number of thiophene rings is 1. The van der Waals surface area contributed by atoms with Gasteiger partial charge in [0.2, 0.25) is 10.0 Å².